The summed E-state index contributed by atoms with van der Waals surface area (Å²) in [5, 5.41) is 17.4. The van der Waals surface area contributed by atoms with E-state index in [4.69, 9.17) is 0 Å². The van der Waals surface area contributed by atoms with E-state index < -0.39 is 11.4 Å². The van der Waals surface area contributed by atoms with Crippen molar-refractivity contribution in [2.24, 2.45) is 5.41 Å². The Balaban J connectivity index is 1.48. The van der Waals surface area contributed by atoms with E-state index in [-0.39, 0.29) is 12.6 Å². The maximum atomic E-state index is 11.9. The first-order valence-corrected chi connectivity index (χ1v) is 8.72. The van der Waals surface area contributed by atoms with Crippen LogP contribution in [0.3, 0.4) is 0 Å². The molecule has 1 aliphatic rings. The first kappa shape index (κ1) is 16.4. The summed E-state index contributed by atoms with van der Waals surface area (Å²) in [5.41, 5.74) is 1.05. The minimum absolute atomic E-state index is 0.167. The Morgan fingerprint density at radius 3 is 2.58 bits per heavy atom. The molecule has 1 aromatic carbocycles. The molecule has 2 amide bonds. The van der Waals surface area contributed by atoms with Gasteiger partial charge in [0.1, 0.15) is 5.01 Å². The van der Waals surface area contributed by atoms with E-state index in [1.54, 1.807) is 0 Å². The number of carboxylic acid groups (broad SMARTS) is 1. The molecule has 0 saturated heterocycles. The number of carboxylic acids is 1. The SMILES string of the molecule is O=C(NCc1csc(-c2ccccc2)n1)NCC1(C(=O)O)CCC1. The monoisotopic (exact) mass is 345 g/mol. The van der Waals surface area contributed by atoms with Crippen molar-refractivity contribution in [1.82, 2.24) is 15.6 Å². The maximum absolute atomic E-state index is 11.9. The van der Waals surface area contributed by atoms with Gasteiger partial charge in [0.05, 0.1) is 17.7 Å². The number of aliphatic carboxylic acids is 1. The van der Waals surface area contributed by atoms with Crippen LogP contribution in [0.1, 0.15) is 25.0 Å². The summed E-state index contributed by atoms with van der Waals surface area (Å²) < 4.78 is 0. The van der Waals surface area contributed by atoms with E-state index in [0.717, 1.165) is 22.7 Å². The molecule has 1 aliphatic carbocycles. The summed E-state index contributed by atoms with van der Waals surface area (Å²) in [5.74, 6) is -0.832. The van der Waals surface area contributed by atoms with E-state index in [1.807, 2.05) is 35.7 Å². The number of urea groups is 1. The molecule has 0 atom stereocenters. The molecule has 0 radical (unpaired) electrons. The van der Waals surface area contributed by atoms with Crippen LogP contribution in [0.15, 0.2) is 35.7 Å². The van der Waals surface area contributed by atoms with Crippen molar-refractivity contribution in [1.29, 1.82) is 0 Å². The number of carbonyl (C=O) groups excluding carboxylic acids is 1. The molecule has 0 bridgehead atoms. The maximum Gasteiger partial charge on any atom is 0.315 e. The number of rotatable bonds is 6. The highest BCUT2D eigenvalue weighted by Crippen LogP contribution is 2.40. The molecular formula is C17H19N3O3S. The molecule has 7 heteroatoms. The Morgan fingerprint density at radius 2 is 1.96 bits per heavy atom. The van der Waals surface area contributed by atoms with Gasteiger partial charge < -0.3 is 15.7 Å². The van der Waals surface area contributed by atoms with E-state index in [2.05, 4.69) is 15.6 Å². The number of nitrogens with zero attached hydrogens (tertiary/aromatic N) is 1. The number of nitrogens with one attached hydrogen (secondary N) is 2. The molecule has 6 nitrogen and oxygen atoms in total. The highest BCUT2D eigenvalue weighted by Gasteiger charge is 2.44. The number of thiazole rings is 1. The molecule has 0 aliphatic heterocycles. The van der Waals surface area contributed by atoms with Crippen LogP contribution in [-0.4, -0.2) is 28.6 Å². The number of aromatic nitrogens is 1. The third-order valence-electron chi connectivity index (χ3n) is 4.35. The number of benzene rings is 1. The average Bonchev–Trinajstić information content (AvgIpc) is 3.01. The second-order valence-corrected chi connectivity index (χ2v) is 6.84. The molecule has 0 spiro atoms. The van der Waals surface area contributed by atoms with Crippen LogP contribution in [0.25, 0.3) is 10.6 Å². The zero-order valence-corrected chi connectivity index (χ0v) is 13.9. The van der Waals surface area contributed by atoms with Crippen LogP contribution >= 0.6 is 11.3 Å². The van der Waals surface area contributed by atoms with E-state index in [1.165, 1.54) is 11.3 Å². The van der Waals surface area contributed by atoms with Crippen LogP contribution in [0.4, 0.5) is 4.79 Å². The Kier molecular flexibility index (Phi) is 4.80. The first-order valence-electron chi connectivity index (χ1n) is 7.84. The van der Waals surface area contributed by atoms with Gasteiger partial charge in [-0.05, 0) is 12.8 Å². The average molecular weight is 345 g/mol. The minimum atomic E-state index is -0.832. The standard InChI is InChI=1S/C17H19N3O3S/c21-15(22)17(7-4-8-17)11-19-16(23)18-9-13-10-24-14(20-13)12-5-2-1-3-6-12/h1-3,5-6,10H,4,7-9,11H2,(H,21,22)(H2,18,19,23). The fourth-order valence-corrected chi connectivity index (χ4v) is 3.48. The number of hydrogen-bond acceptors (Lipinski definition) is 4. The van der Waals surface area contributed by atoms with Gasteiger partial charge >= 0.3 is 12.0 Å². The van der Waals surface area contributed by atoms with E-state index >= 15 is 0 Å². The predicted molar refractivity (Wildman–Crippen MR) is 91.7 cm³/mol. The molecule has 2 aromatic rings. The van der Waals surface area contributed by atoms with Crippen LogP contribution < -0.4 is 10.6 Å². The lowest BCUT2D eigenvalue weighted by molar-refractivity contribution is -0.153. The van der Waals surface area contributed by atoms with Gasteiger partial charge in [0, 0.05) is 17.5 Å². The lowest BCUT2D eigenvalue weighted by atomic mass is 9.69. The number of amides is 2. The summed E-state index contributed by atoms with van der Waals surface area (Å²) >= 11 is 1.53. The van der Waals surface area contributed by atoms with Crippen molar-refractivity contribution in [3.8, 4) is 10.6 Å². The minimum Gasteiger partial charge on any atom is -0.481 e. The summed E-state index contributed by atoms with van der Waals surface area (Å²) in [6.45, 7) is 0.482. The molecule has 1 aromatic heterocycles. The molecule has 24 heavy (non-hydrogen) atoms. The fourth-order valence-electron chi connectivity index (χ4n) is 2.65. The van der Waals surface area contributed by atoms with E-state index in [0.29, 0.717) is 19.4 Å². The van der Waals surface area contributed by atoms with E-state index in [9.17, 15) is 14.7 Å². The van der Waals surface area contributed by atoms with Gasteiger partial charge in [-0.3, -0.25) is 4.79 Å². The van der Waals surface area contributed by atoms with Crippen molar-refractivity contribution >= 4 is 23.3 Å². The molecule has 1 fully saturated rings. The van der Waals surface area contributed by atoms with Gasteiger partial charge in [-0.1, -0.05) is 36.8 Å². The largest absolute Gasteiger partial charge is 0.481 e. The highest BCUT2D eigenvalue weighted by molar-refractivity contribution is 7.13. The first-order chi connectivity index (χ1) is 11.6. The van der Waals surface area contributed by atoms with Gasteiger partial charge in [-0.2, -0.15) is 0 Å². The Hall–Kier alpha value is -2.41. The molecular weight excluding hydrogens is 326 g/mol. The topological polar surface area (TPSA) is 91.3 Å². The number of carbonyl (C=O) groups is 2. The molecule has 1 heterocycles. The third-order valence-corrected chi connectivity index (χ3v) is 5.29. The quantitative estimate of drug-likeness (QED) is 0.751. The second kappa shape index (κ2) is 7.00. The summed E-state index contributed by atoms with van der Waals surface area (Å²) in [6.07, 6.45) is 2.14. The van der Waals surface area contributed by atoms with Crippen molar-refractivity contribution in [3.63, 3.8) is 0 Å². The van der Waals surface area contributed by atoms with Gasteiger partial charge in [0.15, 0.2) is 0 Å². The zero-order chi connectivity index (χ0) is 17.0. The fraction of sp³-hybridized carbons (Fsp3) is 0.353. The molecule has 1 saturated carbocycles. The molecule has 3 N–H and O–H groups in total. The van der Waals surface area contributed by atoms with Gasteiger partial charge in [-0.15, -0.1) is 11.3 Å². The summed E-state index contributed by atoms with van der Waals surface area (Å²) in [6, 6.07) is 9.49. The third kappa shape index (κ3) is 3.56. The van der Waals surface area contributed by atoms with Gasteiger partial charge in [0.2, 0.25) is 0 Å². The smallest absolute Gasteiger partial charge is 0.315 e. The second-order valence-electron chi connectivity index (χ2n) is 5.99. The lowest BCUT2D eigenvalue weighted by Gasteiger charge is -2.37. The lowest BCUT2D eigenvalue weighted by Crippen LogP contribution is -2.49. The van der Waals surface area contributed by atoms with Crippen molar-refractivity contribution in [2.75, 3.05) is 6.54 Å². The van der Waals surface area contributed by atoms with Crippen LogP contribution in [0, 0.1) is 5.41 Å². The predicted octanol–water partition coefficient (Wildman–Crippen LogP) is 2.86. The van der Waals surface area contributed by atoms with Crippen LogP contribution in [-0.2, 0) is 11.3 Å². The molecule has 3 rings (SSSR count). The van der Waals surface area contributed by atoms with Crippen molar-refractivity contribution in [2.45, 2.75) is 25.8 Å². The van der Waals surface area contributed by atoms with Crippen molar-refractivity contribution < 1.29 is 14.7 Å². The zero-order valence-electron chi connectivity index (χ0n) is 13.1. The van der Waals surface area contributed by atoms with Gasteiger partial charge in [0.25, 0.3) is 0 Å². The molecule has 0 unspecified atom stereocenters. The van der Waals surface area contributed by atoms with Crippen molar-refractivity contribution in [3.05, 3.63) is 41.4 Å². The Morgan fingerprint density at radius 1 is 1.21 bits per heavy atom. The number of hydrogen-bond donors (Lipinski definition) is 3. The Bertz CT molecular complexity index is 726. The summed E-state index contributed by atoms with van der Waals surface area (Å²) in [7, 11) is 0. The highest BCUT2D eigenvalue weighted by atomic mass is 32.1. The van der Waals surface area contributed by atoms with Crippen LogP contribution in [0.5, 0.6) is 0 Å². The van der Waals surface area contributed by atoms with Gasteiger partial charge in [-0.25, -0.2) is 9.78 Å². The Labute approximate surface area is 143 Å². The molecule has 126 valence electrons. The van der Waals surface area contributed by atoms with Crippen LogP contribution in [0.2, 0.25) is 0 Å². The normalized spacial score (nSPS) is 15.3. The summed E-state index contributed by atoms with van der Waals surface area (Å²) in [4.78, 5) is 27.6.